The van der Waals surface area contributed by atoms with Gasteiger partial charge in [-0.3, -0.25) is 14.2 Å². The molecule has 0 spiro atoms. The molecule has 1 aliphatic rings. The molecular formula is C18H21ClN4O2S2. The maximum Gasteiger partial charge on any atom is 0.263 e. The highest BCUT2D eigenvalue weighted by molar-refractivity contribution is 7.18. The molecule has 4 heterocycles. The van der Waals surface area contributed by atoms with E-state index in [0.717, 1.165) is 41.2 Å². The van der Waals surface area contributed by atoms with Crippen molar-refractivity contribution in [3.63, 3.8) is 0 Å². The third-order valence-corrected chi connectivity index (χ3v) is 6.58. The molecule has 3 aromatic heterocycles. The number of nitrogens with one attached hydrogen (secondary N) is 1. The summed E-state index contributed by atoms with van der Waals surface area (Å²) in [4.78, 5) is 33.8. The zero-order valence-corrected chi connectivity index (χ0v) is 17.3. The summed E-state index contributed by atoms with van der Waals surface area (Å²) in [5, 5.41) is 7.72. The smallest absolute Gasteiger partial charge is 0.263 e. The van der Waals surface area contributed by atoms with E-state index in [-0.39, 0.29) is 36.5 Å². The van der Waals surface area contributed by atoms with Crippen LogP contribution in [0, 0.1) is 0 Å². The summed E-state index contributed by atoms with van der Waals surface area (Å²) < 4.78 is 1.45. The fourth-order valence-electron chi connectivity index (χ4n) is 3.54. The fourth-order valence-corrected chi connectivity index (χ4v) is 5.26. The lowest BCUT2D eigenvalue weighted by molar-refractivity contribution is -0.132. The number of carbonyl (C=O) groups is 1. The number of hydrogen-bond donors (Lipinski definition) is 1. The highest BCUT2D eigenvalue weighted by atomic mass is 35.5. The van der Waals surface area contributed by atoms with E-state index in [1.807, 2.05) is 34.8 Å². The number of fused-ring (bicyclic) bond motifs is 1. The van der Waals surface area contributed by atoms with Gasteiger partial charge in [-0.15, -0.1) is 35.1 Å². The zero-order chi connectivity index (χ0) is 18.1. The molecular weight excluding hydrogens is 404 g/mol. The van der Waals surface area contributed by atoms with Crippen LogP contribution in [0.25, 0.3) is 20.7 Å². The lowest BCUT2D eigenvalue weighted by Gasteiger charge is -2.24. The molecule has 144 valence electrons. The Kier molecular flexibility index (Phi) is 6.31. The van der Waals surface area contributed by atoms with E-state index in [0.29, 0.717) is 5.39 Å². The lowest BCUT2D eigenvalue weighted by atomic mass is 10.2. The minimum atomic E-state index is -0.141. The number of likely N-dealkylation sites (N-methyl/N-ethyl adjacent to an activating group) is 1. The molecule has 6 nitrogen and oxygen atoms in total. The molecule has 27 heavy (non-hydrogen) atoms. The molecule has 1 saturated heterocycles. The molecule has 1 N–H and O–H groups in total. The minimum absolute atomic E-state index is 0. The van der Waals surface area contributed by atoms with Gasteiger partial charge >= 0.3 is 0 Å². The Morgan fingerprint density at radius 3 is 3.00 bits per heavy atom. The quantitative estimate of drug-likeness (QED) is 0.683. The number of amides is 1. The predicted molar refractivity (Wildman–Crippen MR) is 113 cm³/mol. The van der Waals surface area contributed by atoms with Gasteiger partial charge in [0.25, 0.3) is 5.56 Å². The van der Waals surface area contributed by atoms with Crippen LogP contribution in [0.1, 0.15) is 12.8 Å². The average molecular weight is 425 g/mol. The van der Waals surface area contributed by atoms with Crippen molar-refractivity contribution in [2.24, 2.45) is 0 Å². The maximum atomic E-state index is 13.0. The number of likely N-dealkylation sites (tertiary alicyclic amines) is 1. The van der Waals surface area contributed by atoms with Crippen LogP contribution in [0.15, 0.2) is 34.0 Å². The van der Waals surface area contributed by atoms with E-state index in [2.05, 4.69) is 10.3 Å². The van der Waals surface area contributed by atoms with Crippen LogP contribution in [0.2, 0.25) is 0 Å². The number of rotatable bonds is 5. The van der Waals surface area contributed by atoms with Crippen LogP contribution in [-0.4, -0.2) is 46.5 Å². The van der Waals surface area contributed by atoms with E-state index >= 15 is 0 Å². The molecule has 0 aromatic carbocycles. The van der Waals surface area contributed by atoms with Crippen molar-refractivity contribution in [3.05, 3.63) is 39.6 Å². The lowest BCUT2D eigenvalue weighted by Crippen LogP contribution is -2.43. The highest BCUT2D eigenvalue weighted by Crippen LogP contribution is 2.33. The second-order valence-electron chi connectivity index (χ2n) is 6.43. The van der Waals surface area contributed by atoms with Gasteiger partial charge in [0, 0.05) is 35.0 Å². The number of thiophene rings is 2. The van der Waals surface area contributed by atoms with Crippen molar-refractivity contribution < 1.29 is 4.79 Å². The summed E-state index contributed by atoms with van der Waals surface area (Å²) in [6, 6.07) is 4.18. The van der Waals surface area contributed by atoms with Crippen molar-refractivity contribution in [2.45, 2.75) is 25.4 Å². The van der Waals surface area contributed by atoms with Crippen LogP contribution in [0.4, 0.5) is 0 Å². The summed E-state index contributed by atoms with van der Waals surface area (Å²) in [5.41, 5.74) is 0.769. The van der Waals surface area contributed by atoms with Crippen molar-refractivity contribution in [2.75, 3.05) is 20.1 Å². The Morgan fingerprint density at radius 1 is 1.41 bits per heavy atom. The van der Waals surface area contributed by atoms with Crippen molar-refractivity contribution in [1.82, 2.24) is 19.8 Å². The van der Waals surface area contributed by atoms with Crippen molar-refractivity contribution in [1.29, 1.82) is 0 Å². The van der Waals surface area contributed by atoms with E-state index < -0.39 is 0 Å². The van der Waals surface area contributed by atoms with Crippen LogP contribution >= 0.6 is 35.1 Å². The fraction of sp³-hybridized carbons (Fsp3) is 0.389. The monoisotopic (exact) mass is 424 g/mol. The first-order chi connectivity index (χ1) is 12.7. The predicted octanol–water partition coefficient (Wildman–Crippen LogP) is 2.82. The number of aromatic nitrogens is 2. The van der Waals surface area contributed by atoms with Gasteiger partial charge in [0.2, 0.25) is 5.91 Å². The number of carbonyl (C=O) groups excluding carboxylic acids is 1. The van der Waals surface area contributed by atoms with Gasteiger partial charge < -0.3 is 10.2 Å². The molecule has 1 atom stereocenters. The first-order valence-electron chi connectivity index (χ1n) is 8.63. The van der Waals surface area contributed by atoms with Crippen molar-refractivity contribution in [3.8, 4) is 10.4 Å². The van der Waals surface area contributed by atoms with E-state index in [1.165, 1.54) is 22.2 Å². The van der Waals surface area contributed by atoms with Gasteiger partial charge in [-0.1, -0.05) is 6.07 Å². The van der Waals surface area contributed by atoms with Crippen LogP contribution in [0.3, 0.4) is 0 Å². The summed E-state index contributed by atoms with van der Waals surface area (Å²) >= 11 is 3.06. The molecule has 9 heteroatoms. The Hall–Kier alpha value is -1.74. The molecule has 0 bridgehead atoms. The van der Waals surface area contributed by atoms with Crippen LogP contribution in [-0.2, 0) is 11.3 Å². The Labute approximate surface area is 171 Å². The second-order valence-corrected chi connectivity index (χ2v) is 8.23. The SMILES string of the molecule is CNCC1CCCN1C(=O)Cn1cnc2scc(-c3cccs3)c2c1=O.Cl. The third kappa shape index (κ3) is 3.80. The van der Waals surface area contributed by atoms with Gasteiger partial charge in [0.05, 0.1) is 11.7 Å². The number of nitrogens with zero attached hydrogens (tertiary/aromatic N) is 3. The highest BCUT2D eigenvalue weighted by Gasteiger charge is 2.28. The number of halogens is 1. The van der Waals surface area contributed by atoms with Gasteiger partial charge in [-0.25, -0.2) is 4.98 Å². The molecule has 1 fully saturated rings. The molecule has 4 rings (SSSR count). The average Bonchev–Trinajstić information content (AvgIpc) is 3.37. The van der Waals surface area contributed by atoms with Crippen LogP contribution < -0.4 is 10.9 Å². The summed E-state index contributed by atoms with van der Waals surface area (Å²) in [6.07, 6.45) is 3.52. The maximum absolute atomic E-state index is 13.0. The molecule has 3 aromatic rings. The zero-order valence-electron chi connectivity index (χ0n) is 14.9. The Morgan fingerprint density at radius 2 is 2.26 bits per heavy atom. The molecule has 0 aliphatic carbocycles. The first-order valence-corrected chi connectivity index (χ1v) is 10.4. The summed E-state index contributed by atoms with van der Waals surface area (Å²) in [7, 11) is 1.89. The normalized spacial score (nSPS) is 16.6. The molecule has 0 radical (unpaired) electrons. The summed E-state index contributed by atoms with van der Waals surface area (Å²) in [6.45, 7) is 1.58. The van der Waals surface area contributed by atoms with E-state index in [1.54, 1.807) is 11.3 Å². The topological polar surface area (TPSA) is 67.2 Å². The molecule has 0 saturated carbocycles. The second kappa shape index (κ2) is 8.52. The standard InChI is InChI=1S/C18H20N4O2S2.ClH/c1-19-8-12-4-2-6-22(12)15(23)9-21-11-20-17-16(18(21)24)13(10-26-17)14-5-3-7-25-14;/h3,5,7,10-12,19H,2,4,6,8-9H2,1H3;1H. The molecule has 1 unspecified atom stereocenters. The van der Waals surface area contributed by atoms with Gasteiger partial charge in [-0.05, 0) is 31.3 Å². The molecule has 1 aliphatic heterocycles. The van der Waals surface area contributed by atoms with Gasteiger partial charge in [-0.2, -0.15) is 0 Å². The molecule has 1 amide bonds. The largest absolute Gasteiger partial charge is 0.337 e. The first kappa shape index (κ1) is 20.0. The third-order valence-electron chi connectivity index (χ3n) is 4.79. The van der Waals surface area contributed by atoms with Gasteiger partial charge in [0.1, 0.15) is 11.4 Å². The Bertz CT molecular complexity index is 983. The Balaban J connectivity index is 0.00000210. The van der Waals surface area contributed by atoms with Crippen molar-refractivity contribution >= 4 is 51.2 Å². The summed E-state index contributed by atoms with van der Waals surface area (Å²) in [5.74, 6) is -0.0149. The van der Waals surface area contributed by atoms with Crippen LogP contribution in [0.5, 0.6) is 0 Å². The minimum Gasteiger partial charge on any atom is -0.337 e. The van der Waals surface area contributed by atoms with Gasteiger partial charge in [0.15, 0.2) is 0 Å². The van der Waals surface area contributed by atoms with E-state index in [4.69, 9.17) is 0 Å². The number of hydrogen-bond acceptors (Lipinski definition) is 6. The van der Waals surface area contributed by atoms with E-state index in [9.17, 15) is 9.59 Å².